The molecule has 0 radical (unpaired) electrons. The largest absolute Gasteiger partial charge is 0.496 e. The van der Waals surface area contributed by atoms with Crippen LogP contribution in [0.25, 0.3) is 0 Å². The third-order valence-electron chi connectivity index (χ3n) is 0.679. The summed E-state index contributed by atoms with van der Waals surface area (Å²) >= 11 is 0. The molecular formula is C7H11F3O. The van der Waals surface area contributed by atoms with Gasteiger partial charge >= 0.3 is 6.18 Å². The van der Waals surface area contributed by atoms with E-state index in [-0.39, 0.29) is 6.08 Å². The number of halogens is 3. The van der Waals surface area contributed by atoms with Crippen molar-refractivity contribution in [2.45, 2.75) is 32.5 Å². The normalized spacial score (nSPS) is 14.0. The van der Waals surface area contributed by atoms with E-state index in [1.807, 2.05) is 0 Å². The van der Waals surface area contributed by atoms with Crippen molar-refractivity contribution in [3.05, 3.63) is 12.3 Å². The number of alkyl halides is 3. The molecule has 0 fully saturated rings. The number of ether oxygens (including phenoxy) is 1. The first kappa shape index (κ1) is 10.3. The Morgan fingerprint density at radius 2 is 1.55 bits per heavy atom. The molecule has 0 amide bonds. The van der Waals surface area contributed by atoms with Gasteiger partial charge in [0, 0.05) is 0 Å². The summed E-state index contributed by atoms with van der Waals surface area (Å²) < 4.78 is 39.1. The van der Waals surface area contributed by atoms with Crippen LogP contribution in [0.3, 0.4) is 0 Å². The molecule has 66 valence electrons. The fraction of sp³-hybridized carbons (Fsp3) is 0.714. The van der Waals surface area contributed by atoms with Crippen LogP contribution >= 0.6 is 0 Å². The van der Waals surface area contributed by atoms with Crippen LogP contribution in [0, 0.1) is 0 Å². The Labute approximate surface area is 63.8 Å². The second kappa shape index (κ2) is 3.15. The SMILES string of the molecule is CC(C)(C)O/C=C\C(F)(F)F. The van der Waals surface area contributed by atoms with Crippen molar-refractivity contribution in [3.8, 4) is 0 Å². The van der Waals surface area contributed by atoms with E-state index in [1.54, 1.807) is 20.8 Å². The molecule has 4 heteroatoms. The molecule has 0 aromatic heterocycles. The molecule has 0 rings (SSSR count). The van der Waals surface area contributed by atoms with Gasteiger partial charge in [0.1, 0.15) is 0 Å². The maximum Gasteiger partial charge on any atom is 0.412 e. The van der Waals surface area contributed by atoms with Gasteiger partial charge in [-0.3, -0.25) is 0 Å². The summed E-state index contributed by atoms with van der Waals surface area (Å²) in [4.78, 5) is 0. The first-order chi connectivity index (χ1) is 4.71. The predicted octanol–water partition coefficient (Wildman–Crippen LogP) is 2.88. The molecule has 0 spiro atoms. The zero-order valence-corrected chi connectivity index (χ0v) is 6.70. The molecule has 0 bridgehead atoms. The molecule has 0 unspecified atom stereocenters. The van der Waals surface area contributed by atoms with E-state index in [4.69, 9.17) is 4.74 Å². The van der Waals surface area contributed by atoms with E-state index >= 15 is 0 Å². The van der Waals surface area contributed by atoms with Gasteiger partial charge in [-0.05, 0) is 20.8 Å². The summed E-state index contributed by atoms with van der Waals surface area (Å²) in [7, 11) is 0. The van der Waals surface area contributed by atoms with E-state index < -0.39 is 11.8 Å². The van der Waals surface area contributed by atoms with Gasteiger partial charge in [0.05, 0.1) is 17.9 Å². The highest BCUT2D eigenvalue weighted by molar-refractivity contribution is 4.83. The van der Waals surface area contributed by atoms with Crippen LogP contribution in [-0.4, -0.2) is 11.8 Å². The monoisotopic (exact) mass is 168 g/mol. The van der Waals surface area contributed by atoms with Gasteiger partial charge in [-0.1, -0.05) is 0 Å². The fourth-order valence-corrected chi connectivity index (χ4v) is 0.315. The minimum absolute atomic E-state index is 0.0677. The van der Waals surface area contributed by atoms with Gasteiger partial charge in [0.2, 0.25) is 0 Å². The Balaban J connectivity index is 3.80. The van der Waals surface area contributed by atoms with Gasteiger partial charge in [-0.25, -0.2) is 0 Å². The number of rotatable bonds is 1. The van der Waals surface area contributed by atoms with Crippen molar-refractivity contribution >= 4 is 0 Å². The van der Waals surface area contributed by atoms with Gasteiger partial charge < -0.3 is 4.74 Å². The Morgan fingerprint density at radius 3 is 1.82 bits per heavy atom. The number of hydrogen-bond acceptors (Lipinski definition) is 1. The fourth-order valence-electron chi connectivity index (χ4n) is 0.315. The molecule has 0 aromatic carbocycles. The summed E-state index contributed by atoms with van der Waals surface area (Å²) in [6, 6.07) is 0. The van der Waals surface area contributed by atoms with Crippen LogP contribution in [0.1, 0.15) is 20.8 Å². The average Bonchev–Trinajstić information content (AvgIpc) is 1.55. The maximum atomic E-state index is 11.5. The molecule has 0 aliphatic carbocycles. The van der Waals surface area contributed by atoms with Gasteiger partial charge in [0.25, 0.3) is 0 Å². The topological polar surface area (TPSA) is 9.23 Å². The minimum Gasteiger partial charge on any atom is -0.496 e. The van der Waals surface area contributed by atoms with Crippen molar-refractivity contribution in [1.82, 2.24) is 0 Å². The third-order valence-corrected chi connectivity index (χ3v) is 0.679. The van der Waals surface area contributed by atoms with Crippen molar-refractivity contribution < 1.29 is 17.9 Å². The summed E-state index contributed by atoms with van der Waals surface area (Å²) in [5, 5.41) is 0. The third kappa shape index (κ3) is 9.33. The Kier molecular flexibility index (Phi) is 2.96. The predicted molar refractivity (Wildman–Crippen MR) is 36.0 cm³/mol. The lowest BCUT2D eigenvalue weighted by molar-refractivity contribution is -0.0829. The maximum absolute atomic E-state index is 11.5. The lowest BCUT2D eigenvalue weighted by Crippen LogP contribution is -2.16. The first-order valence-corrected chi connectivity index (χ1v) is 3.13. The summed E-state index contributed by atoms with van der Waals surface area (Å²) in [6.07, 6.45) is -3.55. The summed E-state index contributed by atoms with van der Waals surface area (Å²) in [5.74, 6) is 0. The first-order valence-electron chi connectivity index (χ1n) is 3.13. The highest BCUT2D eigenvalue weighted by Gasteiger charge is 2.22. The van der Waals surface area contributed by atoms with E-state index in [0.29, 0.717) is 6.26 Å². The highest BCUT2D eigenvalue weighted by atomic mass is 19.4. The molecule has 0 heterocycles. The van der Waals surface area contributed by atoms with Crippen molar-refractivity contribution in [2.75, 3.05) is 0 Å². The van der Waals surface area contributed by atoms with E-state index in [2.05, 4.69) is 0 Å². The molecule has 0 saturated heterocycles. The van der Waals surface area contributed by atoms with Gasteiger partial charge in [-0.15, -0.1) is 0 Å². The van der Waals surface area contributed by atoms with Crippen molar-refractivity contribution in [1.29, 1.82) is 0 Å². The van der Waals surface area contributed by atoms with Crippen LogP contribution in [0.5, 0.6) is 0 Å². The molecule has 0 N–H and O–H groups in total. The average molecular weight is 168 g/mol. The molecule has 0 aromatic rings. The minimum atomic E-state index is -4.29. The Morgan fingerprint density at radius 1 is 1.09 bits per heavy atom. The zero-order valence-electron chi connectivity index (χ0n) is 6.70. The van der Waals surface area contributed by atoms with Gasteiger partial charge in [0.15, 0.2) is 0 Å². The van der Waals surface area contributed by atoms with E-state index in [9.17, 15) is 13.2 Å². The lowest BCUT2D eigenvalue weighted by Gasteiger charge is -2.17. The zero-order chi connectivity index (χ0) is 9.12. The molecule has 0 atom stereocenters. The van der Waals surface area contributed by atoms with Gasteiger partial charge in [-0.2, -0.15) is 13.2 Å². The molecule has 0 aliphatic rings. The van der Waals surface area contributed by atoms with Crippen LogP contribution in [0.4, 0.5) is 13.2 Å². The summed E-state index contributed by atoms with van der Waals surface area (Å²) in [6.45, 7) is 5.02. The Hall–Kier alpha value is -0.670. The second-order valence-corrected chi connectivity index (χ2v) is 3.07. The van der Waals surface area contributed by atoms with Crippen molar-refractivity contribution in [3.63, 3.8) is 0 Å². The molecule has 1 nitrogen and oxygen atoms in total. The number of allylic oxidation sites excluding steroid dienone is 1. The smallest absolute Gasteiger partial charge is 0.412 e. The number of hydrogen-bond donors (Lipinski definition) is 0. The van der Waals surface area contributed by atoms with Crippen LogP contribution in [0.15, 0.2) is 12.3 Å². The molecular weight excluding hydrogens is 157 g/mol. The highest BCUT2D eigenvalue weighted by Crippen LogP contribution is 2.17. The quantitative estimate of drug-likeness (QED) is 0.547. The van der Waals surface area contributed by atoms with Crippen LogP contribution in [0.2, 0.25) is 0 Å². The van der Waals surface area contributed by atoms with E-state index in [0.717, 1.165) is 0 Å². The Bertz CT molecular complexity index is 141. The molecule has 11 heavy (non-hydrogen) atoms. The van der Waals surface area contributed by atoms with Crippen molar-refractivity contribution in [2.24, 2.45) is 0 Å². The van der Waals surface area contributed by atoms with Crippen LogP contribution in [-0.2, 0) is 4.74 Å². The standard InChI is InChI=1S/C7H11F3O/c1-6(2,3)11-5-4-7(8,9)10/h4-5H,1-3H3/b5-4-. The van der Waals surface area contributed by atoms with E-state index in [1.165, 1.54) is 0 Å². The van der Waals surface area contributed by atoms with Crippen LogP contribution < -0.4 is 0 Å². The summed E-state index contributed by atoms with van der Waals surface area (Å²) in [5.41, 5.74) is -0.568. The molecule has 0 aliphatic heterocycles. The lowest BCUT2D eigenvalue weighted by atomic mass is 10.2. The molecule has 0 saturated carbocycles. The second-order valence-electron chi connectivity index (χ2n) is 3.07.